The Morgan fingerprint density at radius 2 is 2.14 bits per heavy atom. The van der Waals surface area contributed by atoms with Crippen LogP contribution in [0.1, 0.15) is 26.3 Å². The number of nitrogens with zero attached hydrogens (tertiary/aromatic N) is 1. The summed E-state index contributed by atoms with van der Waals surface area (Å²) in [6, 6.07) is 8.69. The molecular formula is C11H14N2S. The minimum Gasteiger partial charge on any atom is -0.331 e. The van der Waals surface area contributed by atoms with Crippen LogP contribution in [0.4, 0.5) is 0 Å². The van der Waals surface area contributed by atoms with Gasteiger partial charge in [-0.3, -0.25) is 0 Å². The lowest BCUT2D eigenvalue weighted by atomic mass is 10.2. The van der Waals surface area contributed by atoms with Crippen LogP contribution < -0.4 is 0 Å². The average molecular weight is 206 g/mol. The quantitative estimate of drug-likeness (QED) is 0.743. The molecule has 0 aliphatic rings. The molecule has 1 aromatic heterocycles. The van der Waals surface area contributed by atoms with E-state index in [9.17, 15) is 0 Å². The summed E-state index contributed by atoms with van der Waals surface area (Å²) in [5.74, 6) is 0. The number of fused-ring (bicyclic) bond motifs is 1. The third-order valence-electron chi connectivity index (χ3n) is 2.66. The van der Waals surface area contributed by atoms with Gasteiger partial charge in [-0.1, -0.05) is 19.1 Å². The maximum absolute atomic E-state index is 5.30. The third kappa shape index (κ3) is 1.38. The number of aromatic nitrogens is 2. The van der Waals surface area contributed by atoms with Crippen molar-refractivity contribution in [1.82, 2.24) is 9.55 Å². The smallest absolute Gasteiger partial charge is 0.178 e. The van der Waals surface area contributed by atoms with Gasteiger partial charge in [0, 0.05) is 6.04 Å². The van der Waals surface area contributed by atoms with Crippen molar-refractivity contribution in [2.24, 2.45) is 0 Å². The normalized spacial score (nSPS) is 13.3. The summed E-state index contributed by atoms with van der Waals surface area (Å²) in [6.45, 7) is 4.37. The van der Waals surface area contributed by atoms with Crippen LogP contribution in [0.25, 0.3) is 11.0 Å². The molecule has 2 aromatic rings. The van der Waals surface area contributed by atoms with Gasteiger partial charge in [0.25, 0.3) is 0 Å². The number of H-pyrrole nitrogens is 1. The zero-order valence-corrected chi connectivity index (χ0v) is 9.27. The number of hydrogen-bond donors (Lipinski definition) is 1. The second-order valence-corrected chi connectivity index (χ2v) is 3.96. The van der Waals surface area contributed by atoms with E-state index in [4.69, 9.17) is 12.2 Å². The van der Waals surface area contributed by atoms with Crippen molar-refractivity contribution in [2.45, 2.75) is 26.3 Å². The topological polar surface area (TPSA) is 20.7 Å². The SMILES string of the molecule is CC[C@H](C)n1c(=S)[nH]c2ccccc21. The molecule has 1 N–H and O–H groups in total. The van der Waals surface area contributed by atoms with Crippen LogP contribution in [0, 0.1) is 4.77 Å². The van der Waals surface area contributed by atoms with Crippen molar-refractivity contribution < 1.29 is 0 Å². The molecule has 2 rings (SSSR count). The molecule has 2 nitrogen and oxygen atoms in total. The minimum atomic E-state index is 0.457. The van der Waals surface area contributed by atoms with Gasteiger partial charge in [-0.15, -0.1) is 0 Å². The Bertz CT molecular complexity index is 495. The standard InChI is InChI=1S/C11H14N2S/c1-3-8(2)13-10-7-5-4-6-9(10)12-11(13)14/h4-8H,3H2,1-2H3,(H,12,14)/t8-/m0/s1. The van der Waals surface area contributed by atoms with Crippen LogP contribution in [0.15, 0.2) is 24.3 Å². The molecule has 0 saturated heterocycles. The van der Waals surface area contributed by atoms with Crippen LogP contribution in [-0.2, 0) is 0 Å². The monoisotopic (exact) mass is 206 g/mol. The Morgan fingerprint density at radius 3 is 2.86 bits per heavy atom. The molecule has 0 bridgehead atoms. The van der Waals surface area contributed by atoms with Crippen molar-refractivity contribution in [3.8, 4) is 0 Å². The van der Waals surface area contributed by atoms with Crippen molar-refractivity contribution in [3.05, 3.63) is 29.0 Å². The lowest BCUT2D eigenvalue weighted by molar-refractivity contribution is 0.539. The number of hydrogen-bond acceptors (Lipinski definition) is 1. The molecule has 1 aromatic carbocycles. The molecular weight excluding hydrogens is 192 g/mol. The van der Waals surface area contributed by atoms with Crippen LogP contribution in [-0.4, -0.2) is 9.55 Å². The summed E-state index contributed by atoms with van der Waals surface area (Å²) in [5, 5.41) is 0. The van der Waals surface area contributed by atoms with Gasteiger partial charge in [0.15, 0.2) is 4.77 Å². The van der Waals surface area contributed by atoms with Gasteiger partial charge in [0.2, 0.25) is 0 Å². The Morgan fingerprint density at radius 1 is 1.43 bits per heavy atom. The fourth-order valence-corrected chi connectivity index (χ4v) is 2.08. The number of para-hydroxylation sites is 2. The van der Waals surface area contributed by atoms with E-state index >= 15 is 0 Å². The molecule has 3 heteroatoms. The number of nitrogens with one attached hydrogen (secondary N) is 1. The van der Waals surface area contributed by atoms with E-state index in [1.165, 1.54) is 5.52 Å². The summed E-state index contributed by atoms with van der Waals surface area (Å²) in [4.78, 5) is 3.22. The minimum absolute atomic E-state index is 0.457. The Hall–Kier alpha value is -1.09. The molecule has 0 unspecified atom stereocenters. The maximum atomic E-state index is 5.30. The van der Waals surface area contributed by atoms with E-state index in [0.29, 0.717) is 6.04 Å². The zero-order chi connectivity index (χ0) is 10.1. The first-order valence-electron chi connectivity index (χ1n) is 4.93. The van der Waals surface area contributed by atoms with Gasteiger partial charge in [-0.05, 0) is 37.7 Å². The molecule has 0 saturated carbocycles. The van der Waals surface area contributed by atoms with Crippen molar-refractivity contribution in [3.63, 3.8) is 0 Å². The summed E-state index contributed by atoms with van der Waals surface area (Å²) < 4.78 is 3.01. The molecule has 1 heterocycles. The second-order valence-electron chi connectivity index (χ2n) is 3.57. The van der Waals surface area contributed by atoms with Crippen molar-refractivity contribution in [1.29, 1.82) is 0 Å². The second kappa shape index (κ2) is 3.58. The lowest BCUT2D eigenvalue weighted by Crippen LogP contribution is -2.03. The van der Waals surface area contributed by atoms with E-state index in [1.54, 1.807) is 0 Å². The number of aromatic amines is 1. The van der Waals surface area contributed by atoms with Crippen molar-refractivity contribution >= 4 is 23.3 Å². The zero-order valence-electron chi connectivity index (χ0n) is 8.45. The first-order chi connectivity index (χ1) is 6.74. The van der Waals surface area contributed by atoms with E-state index in [2.05, 4.69) is 35.5 Å². The lowest BCUT2D eigenvalue weighted by Gasteiger charge is -2.11. The summed E-state index contributed by atoms with van der Waals surface area (Å²) in [6.07, 6.45) is 1.09. The molecule has 1 atom stereocenters. The number of rotatable bonds is 2. The van der Waals surface area contributed by atoms with E-state index in [0.717, 1.165) is 16.7 Å². The number of imidazole rings is 1. The summed E-state index contributed by atoms with van der Waals surface area (Å²) in [5.41, 5.74) is 2.32. The average Bonchev–Trinajstić information content (AvgIpc) is 2.53. The van der Waals surface area contributed by atoms with E-state index in [1.807, 2.05) is 12.1 Å². The van der Waals surface area contributed by atoms with Gasteiger partial charge in [0.1, 0.15) is 0 Å². The maximum Gasteiger partial charge on any atom is 0.178 e. The predicted octanol–water partition coefficient (Wildman–Crippen LogP) is 3.67. The largest absolute Gasteiger partial charge is 0.331 e. The first kappa shape index (κ1) is 9.46. The van der Waals surface area contributed by atoms with Crippen LogP contribution in [0.5, 0.6) is 0 Å². The fourth-order valence-electron chi connectivity index (χ4n) is 1.69. The Kier molecular flexibility index (Phi) is 2.42. The molecule has 0 amide bonds. The first-order valence-corrected chi connectivity index (χ1v) is 5.34. The highest BCUT2D eigenvalue weighted by Gasteiger charge is 2.07. The molecule has 0 fully saturated rings. The predicted molar refractivity (Wildman–Crippen MR) is 62.1 cm³/mol. The molecule has 14 heavy (non-hydrogen) atoms. The van der Waals surface area contributed by atoms with Gasteiger partial charge >= 0.3 is 0 Å². The van der Waals surface area contributed by atoms with Gasteiger partial charge in [-0.2, -0.15) is 0 Å². The summed E-state index contributed by atoms with van der Waals surface area (Å²) >= 11 is 5.30. The van der Waals surface area contributed by atoms with Gasteiger partial charge in [0.05, 0.1) is 11.0 Å². The Balaban J connectivity index is 2.74. The molecule has 74 valence electrons. The van der Waals surface area contributed by atoms with Crippen molar-refractivity contribution in [2.75, 3.05) is 0 Å². The fraction of sp³-hybridized carbons (Fsp3) is 0.364. The summed E-state index contributed by atoms with van der Waals surface area (Å²) in [7, 11) is 0. The van der Waals surface area contributed by atoms with Gasteiger partial charge in [-0.25, -0.2) is 0 Å². The highest BCUT2D eigenvalue weighted by atomic mass is 32.1. The van der Waals surface area contributed by atoms with Crippen LogP contribution in [0.2, 0.25) is 0 Å². The molecule has 0 radical (unpaired) electrons. The third-order valence-corrected chi connectivity index (χ3v) is 2.95. The van der Waals surface area contributed by atoms with Crippen LogP contribution in [0.3, 0.4) is 0 Å². The van der Waals surface area contributed by atoms with Gasteiger partial charge < -0.3 is 9.55 Å². The molecule has 0 spiro atoms. The van der Waals surface area contributed by atoms with Crippen LogP contribution >= 0.6 is 12.2 Å². The Labute approximate surface area is 88.6 Å². The van der Waals surface area contributed by atoms with E-state index in [-0.39, 0.29) is 0 Å². The molecule has 0 aliphatic heterocycles. The number of benzene rings is 1. The highest BCUT2D eigenvalue weighted by Crippen LogP contribution is 2.20. The van der Waals surface area contributed by atoms with E-state index < -0.39 is 0 Å². The molecule has 0 aliphatic carbocycles. The highest BCUT2D eigenvalue weighted by molar-refractivity contribution is 7.71.